The molecular weight excluding hydrogens is 398 g/mol. The largest absolute Gasteiger partial charge is 0.372 e. The molecule has 3 aromatic rings. The van der Waals surface area contributed by atoms with Gasteiger partial charge in [-0.1, -0.05) is 17.2 Å². The van der Waals surface area contributed by atoms with E-state index in [2.05, 4.69) is 56.5 Å². The SMILES string of the molecule is CCN(CC)c1ccc(/C=N/n2cnn(C)/c2=N\N=Nc2ccc([N+](=O)[O-])cc2)cc1. The van der Waals surface area contributed by atoms with E-state index in [1.54, 1.807) is 13.3 Å². The summed E-state index contributed by atoms with van der Waals surface area (Å²) in [5.74, 6) is 0. The number of hydrogen-bond acceptors (Lipinski definition) is 7. The molecule has 0 saturated heterocycles. The van der Waals surface area contributed by atoms with Crippen LogP contribution < -0.4 is 10.5 Å². The number of benzene rings is 2. The summed E-state index contributed by atoms with van der Waals surface area (Å²) in [5, 5.41) is 31.0. The van der Waals surface area contributed by atoms with Crippen molar-refractivity contribution in [2.45, 2.75) is 13.8 Å². The summed E-state index contributed by atoms with van der Waals surface area (Å²) >= 11 is 0. The highest BCUT2D eigenvalue weighted by Crippen LogP contribution is 2.18. The second-order valence-electron chi connectivity index (χ2n) is 6.47. The predicted octanol–water partition coefficient (Wildman–Crippen LogP) is 3.46. The first kappa shape index (κ1) is 21.6. The van der Waals surface area contributed by atoms with E-state index in [-0.39, 0.29) is 5.69 Å². The van der Waals surface area contributed by atoms with Crippen LogP contribution in [0.5, 0.6) is 0 Å². The molecule has 160 valence electrons. The number of non-ortho nitro benzene ring substituents is 1. The first-order valence-electron chi connectivity index (χ1n) is 9.71. The second-order valence-corrected chi connectivity index (χ2v) is 6.47. The first-order chi connectivity index (χ1) is 15.0. The van der Waals surface area contributed by atoms with Crippen molar-refractivity contribution in [2.24, 2.45) is 27.6 Å². The Morgan fingerprint density at radius 3 is 2.39 bits per heavy atom. The molecule has 3 rings (SSSR count). The van der Waals surface area contributed by atoms with Crippen molar-refractivity contribution in [3.63, 3.8) is 0 Å². The third-order valence-corrected chi connectivity index (χ3v) is 4.54. The average molecular weight is 421 g/mol. The van der Waals surface area contributed by atoms with Crippen molar-refractivity contribution in [2.75, 3.05) is 18.0 Å². The van der Waals surface area contributed by atoms with Crippen LogP contribution in [0.2, 0.25) is 0 Å². The topological polar surface area (TPSA) is 119 Å². The van der Waals surface area contributed by atoms with Gasteiger partial charge in [0.15, 0.2) is 0 Å². The second kappa shape index (κ2) is 10.1. The van der Waals surface area contributed by atoms with Gasteiger partial charge in [-0.15, -0.1) is 5.11 Å². The fourth-order valence-corrected chi connectivity index (χ4v) is 2.81. The summed E-state index contributed by atoms with van der Waals surface area (Å²) in [6, 6.07) is 13.8. The Balaban J connectivity index is 1.76. The van der Waals surface area contributed by atoms with E-state index in [0.717, 1.165) is 18.7 Å². The molecule has 0 N–H and O–H groups in total. The smallest absolute Gasteiger partial charge is 0.270 e. The lowest BCUT2D eigenvalue weighted by Crippen LogP contribution is -2.22. The van der Waals surface area contributed by atoms with Crippen LogP contribution in [0.25, 0.3) is 0 Å². The van der Waals surface area contributed by atoms with Crippen LogP contribution in [0.3, 0.4) is 0 Å². The number of anilines is 1. The standard InChI is InChI=1S/C20H23N9O2/c1-4-27(5-2)18-10-6-16(7-11-18)14-21-28-15-22-26(3)20(28)24-25-23-17-8-12-19(13-9-17)29(30)31/h6-15H,4-5H2,1-3H3/b21-14+,24-20+,25-23?. The van der Waals surface area contributed by atoms with E-state index >= 15 is 0 Å². The molecule has 0 radical (unpaired) electrons. The van der Waals surface area contributed by atoms with Crippen LogP contribution in [0.15, 0.2) is 75.4 Å². The van der Waals surface area contributed by atoms with Crippen LogP contribution in [0.1, 0.15) is 19.4 Å². The molecule has 2 aromatic carbocycles. The molecule has 0 amide bonds. The van der Waals surface area contributed by atoms with Gasteiger partial charge in [0, 0.05) is 38.0 Å². The van der Waals surface area contributed by atoms with E-state index in [1.165, 1.54) is 45.6 Å². The van der Waals surface area contributed by atoms with Crippen LogP contribution >= 0.6 is 0 Å². The summed E-state index contributed by atoms with van der Waals surface area (Å²) in [6.45, 7) is 6.16. The third-order valence-electron chi connectivity index (χ3n) is 4.54. The molecule has 0 spiro atoms. The maximum absolute atomic E-state index is 10.7. The minimum atomic E-state index is -0.473. The highest BCUT2D eigenvalue weighted by Gasteiger charge is 2.03. The number of nitro groups is 1. The Bertz CT molecular complexity index is 1140. The number of nitro benzene ring substituents is 1. The Hall–Kier alpha value is -4.15. The monoisotopic (exact) mass is 421 g/mol. The molecule has 0 aliphatic rings. The lowest BCUT2D eigenvalue weighted by Gasteiger charge is -2.20. The zero-order valence-electron chi connectivity index (χ0n) is 17.5. The fourth-order valence-electron chi connectivity index (χ4n) is 2.81. The van der Waals surface area contributed by atoms with Crippen LogP contribution in [-0.4, -0.2) is 38.7 Å². The summed E-state index contributed by atoms with van der Waals surface area (Å²) in [4.78, 5) is 12.5. The van der Waals surface area contributed by atoms with E-state index in [4.69, 9.17) is 0 Å². The molecule has 31 heavy (non-hydrogen) atoms. The quantitative estimate of drug-likeness (QED) is 0.239. The maximum Gasteiger partial charge on any atom is 0.270 e. The first-order valence-corrected chi connectivity index (χ1v) is 9.71. The maximum atomic E-state index is 10.7. The fraction of sp³-hybridized carbons (Fsp3) is 0.250. The van der Waals surface area contributed by atoms with E-state index in [9.17, 15) is 10.1 Å². The van der Waals surface area contributed by atoms with Crippen molar-refractivity contribution in [1.82, 2.24) is 14.5 Å². The number of rotatable bonds is 8. The van der Waals surface area contributed by atoms with Gasteiger partial charge in [0.25, 0.3) is 11.3 Å². The molecule has 0 bridgehead atoms. The molecule has 0 fully saturated rings. The van der Waals surface area contributed by atoms with Crippen molar-refractivity contribution in [1.29, 1.82) is 0 Å². The molecule has 0 aliphatic heterocycles. The summed E-state index contributed by atoms with van der Waals surface area (Å²) in [5.41, 5.74) is 2.89. The number of nitrogens with zero attached hydrogens (tertiary/aromatic N) is 9. The Morgan fingerprint density at radius 2 is 1.77 bits per heavy atom. The van der Waals surface area contributed by atoms with Gasteiger partial charge in [0.1, 0.15) is 6.33 Å². The van der Waals surface area contributed by atoms with Gasteiger partial charge in [0.05, 0.1) is 16.8 Å². The minimum Gasteiger partial charge on any atom is -0.372 e. The normalized spacial score (nSPS) is 12.2. The number of aryl methyl sites for hydroxylation is 1. The average Bonchev–Trinajstić information content (AvgIpc) is 3.14. The Morgan fingerprint density at radius 1 is 1.10 bits per heavy atom. The van der Waals surface area contributed by atoms with Gasteiger partial charge in [-0.25, -0.2) is 4.68 Å². The Kier molecular flexibility index (Phi) is 6.99. The molecule has 0 atom stereocenters. The molecule has 11 nitrogen and oxygen atoms in total. The summed E-state index contributed by atoms with van der Waals surface area (Å²) in [6.07, 6.45) is 3.22. The zero-order valence-corrected chi connectivity index (χ0v) is 17.5. The minimum absolute atomic E-state index is 0.0140. The van der Waals surface area contributed by atoms with E-state index in [1.807, 2.05) is 12.1 Å². The molecule has 0 unspecified atom stereocenters. The van der Waals surface area contributed by atoms with Crippen LogP contribution in [0, 0.1) is 10.1 Å². The number of aromatic nitrogens is 3. The van der Waals surface area contributed by atoms with Gasteiger partial charge in [-0.2, -0.15) is 14.9 Å². The van der Waals surface area contributed by atoms with Crippen molar-refractivity contribution in [3.05, 3.63) is 76.2 Å². The van der Waals surface area contributed by atoms with Crippen LogP contribution in [0.4, 0.5) is 17.1 Å². The molecule has 0 saturated carbocycles. The van der Waals surface area contributed by atoms with Gasteiger partial charge in [0.2, 0.25) is 0 Å². The molecule has 0 aliphatic carbocycles. The summed E-state index contributed by atoms with van der Waals surface area (Å²) < 4.78 is 2.99. The van der Waals surface area contributed by atoms with Crippen LogP contribution in [-0.2, 0) is 7.05 Å². The number of hydrogen-bond donors (Lipinski definition) is 0. The summed E-state index contributed by atoms with van der Waals surface area (Å²) in [7, 11) is 1.71. The van der Waals surface area contributed by atoms with E-state index in [0.29, 0.717) is 11.3 Å². The van der Waals surface area contributed by atoms with Crippen molar-refractivity contribution in [3.8, 4) is 0 Å². The third kappa shape index (κ3) is 5.47. The van der Waals surface area contributed by atoms with Gasteiger partial charge < -0.3 is 4.90 Å². The predicted molar refractivity (Wildman–Crippen MR) is 117 cm³/mol. The lowest BCUT2D eigenvalue weighted by molar-refractivity contribution is -0.384. The highest BCUT2D eigenvalue weighted by molar-refractivity contribution is 5.80. The highest BCUT2D eigenvalue weighted by atomic mass is 16.6. The van der Waals surface area contributed by atoms with Crippen molar-refractivity contribution >= 4 is 23.3 Å². The molecule has 1 heterocycles. The molecular formula is C20H23N9O2. The zero-order chi connectivity index (χ0) is 22.2. The lowest BCUT2D eigenvalue weighted by atomic mass is 10.2. The van der Waals surface area contributed by atoms with Gasteiger partial charge in [-0.05, 0) is 48.9 Å². The van der Waals surface area contributed by atoms with Crippen molar-refractivity contribution < 1.29 is 4.92 Å². The molecule has 1 aromatic heterocycles. The van der Waals surface area contributed by atoms with Gasteiger partial charge in [-0.3, -0.25) is 10.1 Å². The van der Waals surface area contributed by atoms with E-state index < -0.39 is 4.92 Å². The Labute approximate surface area is 178 Å². The molecule has 11 heteroatoms. The van der Waals surface area contributed by atoms with Gasteiger partial charge >= 0.3 is 0 Å².